The summed E-state index contributed by atoms with van der Waals surface area (Å²) in [5, 5.41) is 19.8. The number of anilines is 1. The van der Waals surface area contributed by atoms with Crippen LogP contribution in [0.25, 0.3) is 0 Å². The Morgan fingerprint density at radius 2 is 2.17 bits per heavy atom. The van der Waals surface area contributed by atoms with Crippen molar-refractivity contribution in [3.8, 4) is 0 Å². The van der Waals surface area contributed by atoms with Crippen LogP contribution in [0.15, 0.2) is 18.3 Å². The lowest BCUT2D eigenvalue weighted by Crippen LogP contribution is -2.42. The Kier molecular flexibility index (Phi) is 5.06. The average molecular weight is 253 g/mol. The number of pyridine rings is 1. The third kappa shape index (κ3) is 4.38. The number of carbonyl (C=O) groups is 2. The number of carboxylic acids is 1. The van der Waals surface area contributed by atoms with Gasteiger partial charge in [0.2, 0.25) is 5.91 Å². The van der Waals surface area contributed by atoms with E-state index in [9.17, 15) is 9.59 Å². The first-order chi connectivity index (χ1) is 8.52. The van der Waals surface area contributed by atoms with Gasteiger partial charge in [0.05, 0.1) is 18.3 Å². The summed E-state index contributed by atoms with van der Waals surface area (Å²) in [4.78, 5) is 26.3. The topological polar surface area (TPSA) is 126 Å². The fourth-order valence-electron chi connectivity index (χ4n) is 1.34. The molecule has 7 nitrogen and oxygen atoms in total. The molecule has 1 unspecified atom stereocenters. The maximum absolute atomic E-state index is 11.6. The number of nitrogens with one attached hydrogen (secondary N) is 1. The number of nitrogen functional groups attached to an aromatic ring is 1. The SMILES string of the molecule is Nc1ccc(CC(=O)NC(CCO)C(=O)O)nc1. The van der Waals surface area contributed by atoms with Crippen molar-refractivity contribution in [1.29, 1.82) is 0 Å². The summed E-state index contributed by atoms with van der Waals surface area (Å²) in [5.41, 5.74) is 6.43. The van der Waals surface area contributed by atoms with Crippen LogP contribution in [0, 0.1) is 0 Å². The van der Waals surface area contributed by atoms with Crippen molar-refractivity contribution in [3.63, 3.8) is 0 Å². The lowest BCUT2D eigenvalue weighted by atomic mass is 10.2. The van der Waals surface area contributed by atoms with E-state index in [2.05, 4.69) is 10.3 Å². The molecule has 0 aliphatic rings. The van der Waals surface area contributed by atoms with Gasteiger partial charge >= 0.3 is 5.97 Å². The van der Waals surface area contributed by atoms with E-state index < -0.39 is 17.9 Å². The molecule has 1 amide bonds. The van der Waals surface area contributed by atoms with Crippen molar-refractivity contribution in [2.24, 2.45) is 0 Å². The molecule has 0 spiro atoms. The van der Waals surface area contributed by atoms with Crippen LogP contribution in [0.2, 0.25) is 0 Å². The fraction of sp³-hybridized carbons (Fsp3) is 0.364. The molecule has 0 aromatic carbocycles. The molecular weight excluding hydrogens is 238 g/mol. The number of aromatic nitrogens is 1. The number of hydrogen-bond donors (Lipinski definition) is 4. The highest BCUT2D eigenvalue weighted by Gasteiger charge is 2.19. The van der Waals surface area contributed by atoms with Gasteiger partial charge in [0.25, 0.3) is 0 Å². The minimum absolute atomic E-state index is 0.0315. The number of aliphatic hydroxyl groups is 1. The quantitative estimate of drug-likeness (QED) is 0.523. The minimum atomic E-state index is -1.18. The van der Waals surface area contributed by atoms with Crippen molar-refractivity contribution in [2.45, 2.75) is 18.9 Å². The molecule has 7 heteroatoms. The molecule has 1 heterocycles. The second-order valence-corrected chi connectivity index (χ2v) is 3.73. The second kappa shape index (κ2) is 6.55. The molecule has 0 aliphatic carbocycles. The maximum atomic E-state index is 11.6. The van der Waals surface area contributed by atoms with Crippen LogP contribution < -0.4 is 11.1 Å². The molecule has 0 saturated heterocycles. The lowest BCUT2D eigenvalue weighted by Gasteiger charge is -2.12. The Labute approximate surface area is 104 Å². The van der Waals surface area contributed by atoms with Crippen LogP contribution in [0.1, 0.15) is 12.1 Å². The third-order valence-corrected chi connectivity index (χ3v) is 2.24. The highest BCUT2D eigenvalue weighted by Crippen LogP contribution is 2.02. The van der Waals surface area contributed by atoms with Gasteiger partial charge in [-0.2, -0.15) is 0 Å². The summed E-state index contributed by atoms with van der Waals surface area (Å²) in [6, 6.07) is 2.12. The van der Waals surface area contributed by atoms with E-state index in [1.165, 1.54) is 6.20 Å². The second-order valence-electron chi connectivity index (χ2n) is 3.73. The van der Waals surface area contributed by atoms with Gasteiger partial charge in [-0.1, -0.05) is 0 Å². The summed E-state index contributed by atoms with van der Waals surface area (Å²) in [6.45, 7) is -0.308. The summed E-state index contributed by atoms with van der Waals surface area (Å²) in [5.74, 6) is -1.64. The van der Waals surface area contributed by atoms with Gasteiger partial charge < -0.3 is 21.3 Å². The van der Waals surface area contributed by atoms with Gasteiger partial charge in [-0.25, -0.2) is 4.79 Å². The van der Waals surface area contributed by atoms with Crippen molar-refractivity contribution >= 4 is 17.6 Å². The van der Waals surface area contributed by atoms with Crippen LogP contribution in [-0.4, -0.2) is 39.7 Å². The summed E-state index contributed by atoms with van der Waals surface area (Å²) in [7, 11) is 0. The molecule has 1 aromatic rings. The van der Waals surface area contributed by atoms with E-state index in [0.717, 1.165) is 0 Å². The van der Waals surface area contributed by atoms with E-state index >= 15 is 0 Å². The van der Waals surface area contributed by atoms with Gasteiger partial charge in [-0.15, -0.1) is 0 Å². The largest absolute Gasteiger partial charge is 0.480 e. The maximum Gasteiger partial charge on any atom is 0.326 e. The summed E-state index contributed by atoms with van der Waals surface area (Å²) in [6.07, 6.45) is 1.36. The van der Waals surface area contributed by atoms with Gasteiger partial charge in [-0.05, 0) is 12.1 Å². The van der Waals surface area contributed by atoms with Crippen LogP contribution in [0.4, 0.5) is 5.69 Å². The molecule has 0 saturated carbocycles. The zero-order valence-corrected chi connectivity index (χ0v) is 9.67. The van der Waals surface area contributed by atoms with Crippen LogP contribution in [0.3, 0.4) is 0 Å². The Bertz CT molecular complexity index is 419. The van der Waals surface area contributed by atoms with E-state index in [1.54, 1.807) is 12.1 Å². The number of carboxylic acid groups (broad SMARTS) is 1. The Morgan fingerprint density at radius 1 is 1.44 bits per heavy atom. The molecule has 98 valence electrons. The van der Waals surface area contributed by atoms with Gasteiger partial charge in [-0.3, -0.25) is 9.78 Å². The Hall–Kier alpha value is -2.15. The Morgan fingerprint density at radius 3 is 2.67 bits per heavy atom. The third-order valence-electron chi connectivity index (χ3n) is 2.24. The zero-order valence-electron chi connectivity index (χ0n) is 9.67. The normalized spacial score (nSPS) is 11.8. The monoisotopic (exact) mass is 253 g/mol. The minimum Gasteiger partial charge on any atom is -0.480 e. The molecule has 5 N–H and O–H groups in total. The number of aliphatic hydroxyl groups excluding tert-OH is 1. The number of aliphatic carboxylic acids is 1. The van der Waals surface area contributed by atoms with Crippen LogP contribution >= 0.6 is 0 Å². The molecular formula is C11H15N3O4. The van der Waals surface area contributed by atoms with E-state index in [4.69, 9.17) is 15.9 Å². The number of carbonyl (C=O) groups excluding carboxylic acids is 1. The molecule has 0 radical (unpaired) electrons. The molecule has 1 rings (SSSR count). The van der Waals surface area contributed by atoms with Gasteiger partial charge in [0.15, 0.2) is 0 Å². The number of nitrogens with two attached hydrogens (primary N) is 1. The first-order valence-corrected chi connectivity index (χ1v) is 5.36. The van der Waals surface area contributed by atoms with Crippen LogP contribution in [-0.2, 0) is 16.0 Å². The van der Waals surface area contributed by atoms with Gasteiger partial charge in [0, 0.05) is 18.7 Å². The first-order valence-electron chi connectivity index (χ1n) is 5.36. The van der Waals surface area contributed by atoms with Crippen LogP contribution in [0.5, 0.6) is 0 Å². The standard InChI is InChI=1S/C11H15N3O4/c12-7-1-2-8(13-6-7)5-10(16)14-9(3-4-15)11(17)18/h1-2,6,9,15H,3-5,12H2,(H,14,16)(H,17,18). The lowest BCUT2D eigenvalue weighted by molar-refractivity contribution is -0.142. The zero-order chi connectivity index (χ0) is 13.5. The van der Waals surface area contributed by atoms with E-state index in [0.29, 0.717) is 11.4 Å². The summed E-state index contributed by atoms with van der Waals surface area (Å²) >= 11 is 0. The molecule has 0 bridgehead atoms. The molecule has 1 aromatic heterocycles. The number of nitrogens with zero attached hydrogens (tertiary/aromatic N) is 1. The van der Waals surface area contributed by atoms with E-state index in [1.807, 2.05) is 0 Å². The molecule has 0 aliphatic heterocycles. The smallest absolute Gasteiger partial charge is 0.326 e. The predicted molar refractivity (Wildman–Crippen MR) is 63.6 cm³/mol. The van der Waals surface area contributed by atoms with E-state index in [-0.39, 0.29) is 19.4 Å². The van der Waals surface area contributed by atoms with Crippen molar-refractivity contribution in [1.82, 2.24) is 10.3 Å². The highest BCUT2D eigenvalue weighted by atomic mass is 16.4. The number of rotatable bonds is 6. The Balaban J connectivity index is 2.54. The highest BCUT2D eigenvalue weighted by molar-refractivity contribution is 5.84. The molecule has 0 fully saturated rings. The van der Waals surface area contributed by atoms with Crippen molar-refractivity contribution in [2.75, 3.05) is 12.3 Å². The fourth-order valence-corrected chi connectivity index (χ4v) is 1.34. The number of amides is 1. The first kappa shape index (κ1) is 13.9. The predicted octanol–water partition coefficient (Wildman–Crippen LogP) is -0.842. The average Bonchev–Trinajstić information content (AvgIpc) is 2.31. The van der Waals surface area contributed by atoms with Gasteiger partial charge in [0.1, 0.15) is 6.04 Å². The van der Waals surface area contributed by atoms with Crippen molar-refractivity contribution in [3.05, 3.63) is 24.0 Å². The van der Waals surface area contributed by atoms with Crippen molar-refractivity contribution < 1.29 is 19.8 Å². The summed E-state index contributed by atoms with van der Waals surface area (Å²) < 4.78 is 0. The number of hydrogen-bond acceptors (Lipinski definition) is 5. The molecule has 1 atom stereocenters. The molecule has 18 heavy (non-hydrogen) atoms.